The quantitative estimate of drug-likeness (QED) is 0.453. The van der Waals surface area contributed by atoms with Gasteiger partial charge in [0.15, 0.2) is 5.56 Å². The number of nitro benzene ring substituents is 1. The molecule has 0 saturated carbocycles. The van der Waals surface area contributed by atoms with Gasteiger partial charge in [-0.2, -0.15) is 5.26 Å². The van der Waals surface area contributed by atoms with Gasteiger partial charge >= 0.3 is 5.97 Å². The van der Waals surface area contributed by atoms with Crippen LogP contribution >= 0.6 is 0 Å². The predicted octanol–water partition coefficient (Wildman–Crippen LogP) is 2.58. The minimum absolute atomic E-state index is 0.118. The molecule has 0 unspecified atom stereocenters. The molecule has 0 spiro atoms. The van der Waals surface area contributed by atoms with Crippen molar-refractivity contribution in [2.45, 2.75) is 32.8 Å². The van der Waals surface area contributed by atoms with Gasteiger partial charge in [0.25, 0.3) is 5.69 Å². The van der Waals surface area contributed by atoms with Gasteiger partial charge in [0.2, 0.25) is 0 Å². The van der Waals surface area contributed by atoms with Crippen LogP contribution in [-0.2, 0) is 9.53 Å². The summed E-state index contributed by atoms with van der Waals surface area (Å²) >= 11 is 0. The molecule has 7 heteroatoms. The topological polar surface area (TPSA) is 102 Å². The van der Waals surface area contributed by atoms with Crippen molar-refractivity contribution in [2.24, 2.45) is 0 Å². The molecular weight excluding hydrogens is 276 g/mol. The normalized spacial score (nSPS) is 10.6. The van der Waals surface area contributed by atoms with Crippen LogP contribution in [0.5, 0.6) is 5.75 Å². The fraction of sp³-hybridized carbons (Fsp3) is 0.429. The molecule has 0 aliphatic carbocycles. The van der Waals surface area contributed by atoms with Gasteiger partial charge in [0.05, 0.1) is 11.5 Å². The first-order valence-corrected chi connectivity index (χ1v) is 6.27. The summed E-state index contributed by atoms with van der Waals surface area (Å²) in [5.41, 5.74) is -1.12. The van der Waals surface area contributed by atoms with E-state index in [-0.39, 0.29) is 23.6 Å². The number of esters is 1. The molecule has 0 N–H and O–H groups in total. The number of rotatable bonds is 6. The molecule has 21 heavy (non-hydrogen) atoms. The lowest BCUT2D eigenvalue weighted by Crippen LogP contribution is -2.29. The smallest absolute Gasteiger partial charge is 0.303 e. The van der Waals surface area contributed by atoms with Crippen LogP contribution in [0.4, 0.5) is 5.69 Å². The van der Waals surface area contributed by atoms with E-state index in [9.17, 15) is 14.9 Å². The summed E-state index contributed by atoms with van der Waals surface area (Å²) in [6.45, 7) is 4.94. The zero-order valence-electron chi connectivity index (χ0n) is 12.1. The van der Waals surface area contributed by atoms with Crippen molar-refractivity contribution in [1.82, 2.24) is 0 Å². The highest BCUT2D eigenvalue weighted by atomic mass is 16.6. The summed E-state index contributed by atoms with van der Waals surface area (Å²) in [5, 5.41) is 19.9. The predicted molar refractivity (Wildman–Crippen MR) is 73.8 cm³/mol. The van der Waals surface area contributed by atoms with E-state index in [0.717, 1.165) is 0 Å². The highest BCUT2D eigenvalue weighted by Crippen LogP contribution is 2.27. The highest BCUT2D eigenvalue weighted by Gasteiger charge is 2.22. The van der Waals surface area contributed by atoms with E-state index in [1.54, 1.807) is 19.9 Å². The van der Waals surface area contributed by atoms with Gasteiger partial charge < -0.3 is 9.47 Å². The van der Waals surface area contributed by atoms with Crippen LogP contribution in [0.1, 0.15) is 32.8 Å². The van der Waals surface area contributed by atoms with E-state index >= 15 is 0 Å². The molecule has 112 valence electrons. The maximum absolute atomic E-state index is 10.9. The van der Waals surface area contributed by atoms with Crippen molar-refractivity contribution in [3.63, 3.8) is 0 Å². The second-order valence-electron chi connectivity index (χ2n) is 4.97. The van der Waals surface area contributed by atoms with Crippen LogP contribution in [0.25, 0.3) is 0 Å². The molecule has 0 aliphatic heterocycles. The van der Waals surface area contributed by atoms with Crippen LogP contribution in [0.3, 0.4) is 0 Å². The Kier molecular flexibility index (Phi) is 5.24. The Labute approximate surface area is 122 Å². The van der Waals surface area contributed by atoms with Gasteiger partial charge in [-0.3, -0.25) is 14.9 Å². The Balaban J connectivity index is 2.77. The van der Waals surface area contributed by atoms with E-state index in [2.05, 4.69) is 0 Å². The fourth-order valence-electron chi connectivity index (χ4n) is 1.75. The summed E-state index contributed by atoms with van der Waals surface area (Å²) in [7, 11) is 0. The highest BCUT2D eigenvalue weighted by molar-refractivity contribution is 5.66. The Hall–Kier alpha value is -2.62. The number of carbonyl (C=O) groups excluding carboxylic acids is 1. The van der Waals surface area contributed by atoms with Crippen molar-refractivity contribution in [3.8, 4) is 11.8 Å². The third kappa shape index (κ3) is 4.76. The molecular formula is C14H16N2O5. The van der Waals surface area contributed by atoms with Crippen molar-refractivity contribution >= 4 is 11.7 Å². The van der Waals surface area contributed by atoms with Crippen molar-refractivity contribution in [1.29, 1.82) is 5.26 Å². The number of ether oxygens (including phenoxy) is 2. The largest absolute Gasteiger partial charge is 0.492 e. The van der Waals surface area contributed by atoms with Crippen molar-refractivity contribution < 1.29 is 19.2 Å². The summed E-state index contributed by atoms with van der Waals surface area (Å²) in [5.74, 6) is -0.251. The molecule has 0 aliphatic rings. The molecule has 0 bridgehead atoms. The molecule has 1 aromatic rings. The maximum Gasteiger partial charge on any atom is 0.303 e. The van der Waals surface area contributed by atoms with Gasteiger partial charge in [-0.25, -0.2) is 0 Å². The number of nitriles is 1. The average molecular weight is 292 g/mol. The van der Waals surface area contributed by atoms with Crippen LogP contribution in [0.15, 0.2) is 18.2 Å². The third-order valence-corrected chi connectivity index (χ3v) is 2.69. The van der Waals surface area contributed by atoms with Gasteiger partial charge in [-0.05, 0) is 19.9 Å². The van der Waals surface area contributed by atoms with Gasteiger partial charge in [-0.15, -0.1) is 0 Å². The van der Waals surface area contributed by atoms with Crippen molar-refractivity contribution in [2.75, 3.05) is 6.61 Å². The number of hydrogen-bond acceptors (Lipinski definition) is 6. The fourth-order valence-corrected chi connectivity index (χ4v) is 1.75. The number of benzene rings is 1. The molecule has 0 amide bonds. The molecule has 1 aromatic carbocycles. The lowest BCUT2D eigenvalue weighted by atomic mass is 10.1. The molecule has 0 radical (unpaired) electrons. The summed E-state index contributed by atoms with van der Waals surface area (Å²) in [4.78, 5) is 21.1. The lowest BCUT2D eigenvalue weighted by Gasteiger charge is -2.24. The first kappa shape index (κ1) is 16.4. The average Bonchev–Trinajstić information content (AvgIpc) is 2.36. The van der Waals surface area contributed by atoms with E-state index in [4.69, 9.17) is 14.7 Å². The van der Waals surface area contributed by atoms with Gasteiger partial charge in [-0.1, -0.05) is 6.07 Å². The van der Waals surface area contributed by atoms with E-state index in [1.807, 2.05) is 0 Å². The van der Waals surface area contributed by atoms with Crippen LogP contribution in [0.2, 0.25) is 0 Å². The van der Waals surface area contributed by atoms with Crippen LogP contribution in [-0.4, -0.2) is 23.1 Å². The monoisotopic (exact) mass is 292 g/mol. The summed E-state index contributed by atoms with van der Waals surface area (Å²) in [6, 6.07) is 5.96. The Morgan fingerprint density at radius 3 is 2.67 bits per heavy atom. The molecule has 0 heterocycles. The Morgan fingerprint density at radius 1 is 1.48 bits per heavy atom. The SMILES string of the molecule is CC(=O)OC(C)(C)CCOc1cccc([N+](=O)[O-])c1C#N. The molecule has 0 atom stereocenters. The number of hydrogen-bond donors (Lipinski definition) is 0. The Bertz CT molecular complexity index is 590. The maximum atomic E-state index is 10.9. The first-order chi connectivity index (χ1) is 9.76. The van der Waals surface area contributed by atoms with E-state index < -0.39 is 16.5 Å². The third-order valence-electron chi connectivity index (χ3n) is 2.69. The van der Waals surface area contributed by atoms with Gasteiger partial charge in [0, 0.05) is 19.4 Å². The number of nitrogens with zero attached hydrogens (tertiary/aromatic N) is 2. The molecule has 0 fully saturated rings. The molecule has 1 rings (SSSR count). The van der Waals surface area contributed by atoms with E-state index in [1.165, 1.54) is 25.1 Å². The van der Waals surface area contributed by atoms with Crippen molar-refractivity contribution in [3.05, 3.63) is 33.9 Å². The second-order valence-corrected chi connectivity index (χ2v) is 4.97. The minimum atomic E-state index is -0.709. The molecule has 0 saturated heterocycles. The summed E-state index contributed by atoms with van der Waals surface area (Å²) < 4.78 is 10.5. The Morgan fingerprint density at radius 2 is 2.14 bits per heavy atom. The minimum Gasteiger partial charge on any atom is -0.492 e. The molecule has 0 aromatic heterocycles. The summed E-state index contributed by atoms with van der Waals surface area (Å²) in [6.07, 6.45) is 0.389. The zero-order chi connectivity index (χ0) is 16.0. The first-order valence-electron chi connectivity index (χ1n) is 6.27. The lowest BCUT2D eigenvalue weighted by molar-refractivity contribution is -0.385. The van der Waals surface area contributed by atoms with Crippen LogP contribution < -0.4 is 4.74 Å². The van der Waals surface area contributed by atoms with Crippen LogP contribution in [0, 0.1) is 21.4 Å². The van der Waals surface area contributed by atoms with E-state index in [0.29, 0.717) is 6.42 Å². The second kappa shape index (κ2) is 6.70. The molecule has 7 nitrogen and oxygen atoms in total. The zero-order valence-corrected chi connectivity index (χ0v) is 12.1. The number of nitro groups is 1. The van der Waals surface area contributed by atoms with Gasteiger partial charge in [0.1, 0.15) is 17.4 Å². The standard InChI is InChI=1S/C14H16N2O5/c1-10(17)21-14(2,3)7-8-20-13-6-4-5-12(16(18)19)11(13)9-15/h4-6H,7-8H2,1-3H3. The number of carbonyl (C=O) groups is 1.